The molecule has 1 aliphatic rings. The van der Waals surface area contributed by atoms with Gasteiger partial charge in [-0.05, 0) is 33.9 Å². The summed E-state index contributed by atoms with van der Waals surface area (Å²) in [6, 6.07) is 0.191. The van der Waals surface area contributed by atoms with Gasteiger partial charge in [0.15, 0.2) is 0 Å². The molecule has 0 radical (unpaired) electrons. The number of nitrogens with one attached hydrogen (secondary N) is 2. The van der Waals surface area contributed by atoms with Crippen LogP contribution in [0.1, 0.15) is 26.7 Å². The number of aliphatic hydroxyl groups is 1. The number of carbonyl (C=O) groups is 1. The molecule has 0 aromatic rings. The van der Waals surface area contributed by atoms with Crippen molar-refractivity contribution in [2.75, 3.05) is 33.2 Å². The van der Waals surface area contributed by atoms with Crippen LogP contribution in [-0.4, -0.2) is 60.8 Å². The summed E-state index contributed by atoms with van der Waals surface area (Å²) in [7, 11) is 1.94. The number of hydrogen-bond donors (Lipinski definition) is 3. The Morgan fingerprint density at radius 3 is 2.82 bits per heavy atom. The van der Waals surface area contributed by atoms with E-state index in [9.17, 15) is 9.90 Å². The van der Waals surface area contributed by atoms with E-state index in [1.807, 2.05) is 25.8 Å². The summed E-state index contributed by atoms with van der Waals surface area (Å²) >= 11 is 0. The Hall–Kier alpha value is -0.650. The Kier molecular flexibility index (Phi) is 5.36. The summed E-state index contributed by atoms with van der Waals surface area (Å²) in [5.41, 5.74) is -0.622. The van der Waals surface area contributed by atoms with Gasteiger partial charge in [0.2, 0.25) is 5.91 Å². The van der Waals surface area contributed by atoms with E-state index >= 15 is 0 Å². The third kappa shape index (κ3) is 5.48. The average molecular weight is 243 g/mol. The zero-order chi connectivity index (χ0) is 12.9. The van der Waals surface area contributed by atoms with Gasteiger partial charge in [-0.25, -0.2) is 0 Å². The van der Waals surface area contributed by atoms with Gasteiger partial charge in [0.25, 0.3) is 0 Å². The minimum atomic E-state index is -0.622. The van der Waals surface area contributed by atoms with Crippen LogP contribution in [0.2, 0.25) is 0 Å². The van der Waals surface area contributed by atoms with Crippen molar-refractivity contribution >= 4 is 5.91 Å². The zero-order valence-electron chi connectivity index (χ0n) is 11.1. The van der Waals surface area contributed by atoms with Gasteiger partial charge in [0.1, 0.15) is 0 Å². The maximum absolute atomic E-state index is 11.5. The molecule has 1 aliphatic heterocycles. The van der Waals surface area contributed by atoms with Gasteiger partial charge in [-0.3, -0.25) is 4.79 Å². The molecule has 5 nitrogen and oxygen atoms in total. The standard InChI is InChI=1S/C12H25N3O2/c1-10(2)14-11(16)4-7-15(3)9-12(17)5-6-13-8-12/h10,13,17H,4-9H2,1-3H3,(H,14,16). The molecule has 1 saturated heterocycles. The van der Waals surface area contributed by atoms with Gasteiger partial charge in [-0.1, -0.05) is 0 Å². The zero-order valence-corrected chi connectivity index (χ0v) is 11.1. The van der Waals surface area contributed by atoms with Crippen LogP contribution in [-0.2, 0) is 4.79 Å². The first-order chi connectivity index (χ1) is 7.91. The maximum Gasteiger partial charge on any atom is 0.221 e. The van der Waals surface area contributed by atoms with Gasteiger partial charge in [-0.2, -0.15) is 0 Å². The third-order valence-electron chi connectivity index (χ3n) is 2.96. The van der Waals surface area contributed by atoms with E-state index < -0.39 is 5.60 Å². The predicted octanol–water partition coefficient (Wildman–Crippen LogP) is -0.443. The van der Waals surface area contributed by atoms with Crippen molar-refractivity contribution in [3.8, 4) is 0 Å². The van der Waals surface area contributed by atoms with Gasteiger partial charge in [0.05, 0.1) is 5.60 Å². The van der Waals surface area contributed by atoms with E-state index in [0.717, 1.165) is 13.0 Å². The summed E-state index contributed by atoms with van der Waals surface area (Å²) in [4.78, 5) is 13.5. The smallest absolute Gasteiger partial charge is 0.221 e. The topological polar surface area (TPSA) is 64.6 Å². The third-order valence-corrected chi connectivity index (χ3v) is 2.96. The van der Waals surface area contributed by atoms with Gasteiger partial charge < -0.3 is 20.6 Å². The normalized spacial score (nSPS) is 24.6. The van der Waals surface area contributed by atoms with E-state index in [0.29, 0.717) is 26.1 Å². The highest BCUT2D eigenvalue weighted by Crippen LogP contribution is 2.15. The maximum atomic E-state index is 11.5. The van der Waals surface area contributed by atoms with Crippen LogP contribution >= 0.6 is 0 Å². The van der Waals surface area contributed by atoms with E-state index in [1.54, 1.807) is 0 Å². The fourth-order valence-corrected chi connectivity index (χ4v) is 2.13. The molecule has 17 heavy (non-hydrogen) atoms. The van der Waals surface area contributed by atoms with E-state index in [4.69, 9.17) is 0 Å². The molecule has 0 aliphatic carbocycles. The molecule has 1 heterocycles. The fraction of sp³-hybridized carbons (Fsp3) is 0.917. The SMILES string of the molecule is CC(C)NC(=O)CCN(C)CC1(O)CCNC1. The largest absolute Gasteiger partial charge is 0.387 e. The second kappa shape index (κ2) is 6.33. The first-order valence-corrected chi connectivity index (χ1v) is 6.32. The molecule has 0 aromatic carbocycles. The molecular formula is C12H25N3O2. The quantitative estimate of drug-likeness (QED) is 0.592. The van der Waals surface area contributed by atoms with Crippen molar-refractivity contribution in [2.24, 2.45) is 0 Å². The Morgan fingerprint density at radius 2 is 2.29 bits per heavy atom. The summed E-state index contributed by atoms with van der Waals surface area (Å²) in [6.45, 7) is 6.73. The number of hydrogen-bond acceptors (Lipinski definition) is 4. The van der Waals surface area contributed by atoms with Crippen LogP contribution in [0.3, 0.4) is 0 Å². The lowest BCUT2D eigenvalue weighted by molar-refractivity contribution is -0.122. The molecule has 0 saturated carbocycles. The molecule has 3 N–H and O–H groups in total. The van der Waals surface area contributed by atoms with E-state index in [-0.39, 0.29) is 11.9 Å². The number of likely N-dealkylation sites (N-methyl/N-ethyl adjacent to an activating group) is 1. The van der Waals surface area contributed by atoms with Crippen molar-refractivity contribution < 1.29 is 9.90 Å². The number of β-amino-alcohol motifs (C(OH)–C–C–N with tert-alkyl or cyclic N) is 1. The Morgan fingerprint density at radius 1 is 1.59 bits per heavy atom. The number of rotatable bonds is 6. The second-order valence-electron chi connectivity index (χ2n) is 5.36. The Bertz CT molecular complexity index is 250. The first kappa shape index (κ1) is 14.4. The second-order valence-corrected chi connectivity index (χ2v) is 5.36. The molecule has 5 heteroatoms. The van der Waals surface area contributed by atoms with Crippen LogP contribution in [0.25, 0.3) is 0 Å². The van der Waals surface area contributed by atoms with Crippen molar-refractivity contribution in [3.05, 3.63) is 0 Å². The van der Waals surface area contributed by atoms with Gasteiger partial charge in [-0.15, -0.1) is 0 Å². The molecule has 0 spiro atoms. The first-order valence-electron chi connectivity index (χ1n) is 6.32. The highest BCUT2D eigenvalue weighted by Gasteiger charge is 2.31. The lowest BCUT2D eigenvalue weighted by Gasteiger charge is -2.27. The van der Waals surface area contributed by atoms with Crippen LogP contribution in [0.5, 0.6) is 0 Å². The Labute approximate surface area is 104 Å². The van der Waals surface area contributed by atoms with E-state index in [2.05, 4.69) is 10.6 Å². The molecular weight excluding hydrogens is 218 g/mol. The molecule has 1 amide bonds. The Balaban J connectivity index is 2.20. The predicted molar refractivity (Wildman–Crippen MR) is 67.8 cm³/mol. The lowest BCUT2D eigenvalue weighted by Crippen LogP contribution is -2.44. The van der Waals surface area contributed by atoms with Gasteiger partial charge in [0, 0.05) is 32.1 Å². The minimum absolute atomic E-state index is 0.0726. The lowest BCUT2D eigenvalue weighted by atomic mass is 10.0. The highest BCUT2D eigenvalue weighted by molar-refractivity contribution is 5.76. The molecule has 0 aromatic heterocycles. The molecule has 0 bridgehead atoms. The molecule has 1 atom stereocenters. The highest BCUT2D eigenvalue weighted by atomic mass is 16.3. The molecule has 1 rings (SSSR count). The van der Waals surface area contributed by atoms with Gasteiger partial charge >= 0.3 is 0 Å². The number of carbonyl (C=O) groups excluding carboxylic acids is 1. The molecule has 100 valence electrons. The van der Waals surface area contributed by atoms with Crippen molar-refractivity contribution in [2.45, 2.75) is 38.3 Å². The van der Waals surface area contributed by atoms with Crippen molar-refractivity contribution in [1.29, 1.82) is 0 Å². The number of nitrogens with zero attached hydrogens (tertiary/aromatic N) is 1. The fourth-order valence-electron chi connectivity index (χ4n) is 2.13. The summed E-state index contributed by atoms with van der Waals surface area (Å²) in [5, 5.41) is 16.2. The van der Waals surface area contributed by atoms with Crippen LogP contribution in [0.15, 0.2) is 0 Å². The molecule has 1 fully saturated rings. The van der Waals surface area contributed by atoms with Crippen LogP contribution in [0.4, 0.5) is 0 Å². The minimum Gasteiger partial charge on any atom is -0.387 e. The van der Waals surface area contributed by atoms with Crippen LogP contribution < -0.4 is 10.6 Å². The molecule has 1 unspecified atom stereocenters. The average Bonchev–Trinajstić information content (AvgIpc) is 2.61. The van der Waals surface area contributed by atoms with Crippen LogP contribution in [0, 0.1) is 0 Å². The summed E-state index contributed by atoms with van der Waals surface area (Å²) in [6.07, 6.45) is 1.27. The summed E-state index contributed by atoms with van der Waals surface area (Å²) in [5.74, 6) is 0.0726. The summed E-state index contributed by atoms with van der Waals surface area (Å²) < 4.78 is 0. The van der Waals surface area contributed by atoms with Crippen molar-refractivity contribution in [3.63, 3.8) is 0 Å². The van der Waals surface area contributed by atoms with E-state index in [1.165, 1.54) is 0 Å². The number of amides is 1. The van der Waals surface area contributed by atoms with Crippen molar-refractivity contribution in [1.82, 2.24) is 15.5 Å². The monoisotopic (exact) mass is 243 g/mol.